The van der Waals surface area contributed by atoms with Crippen molar-refractivity contribution in [1.82, 2.24) is 9.88 Å². The number of anilines is 1. The number of rotatable bonds is 4. The van der Waals surface area contributed by atoms with Gasteiger partial charge in [0.2, 0.25) is 5.91 Å². The lowest BCUT2D eigenvalue weighted by Gasteiger charge is -2.31. The molecule has 3 heterocycles. The van der Waals surface area contributed by atoms with E-state index in [-0.39, 0.29) is 18.2 Å². The zero-order chi connectivity index (χ0) is 21.4. The van der Waals surface area contributed by atoms with Crippen molar-refractivity contribution in [2.75, 3.05) is 18.1 Å². The van der Waals surface area contributed by atoms with Crippen LogP contribution in [0.25, 0.3) is 10.2 Å². The summed E-state index contributed by atoms with van der Waals surface area (Å²) in [5, 5.41) is 7.16. The molecule has 3 aromatic rings. The molecule has 2 amide bonds. The summed E-state index contributed by atoms with van der Waals surface area (Å²) in [6.45, 7) is 1.30. The second-order valence-electron chi connectivity index (χ2n) is 7.96. The minimum atomic E-state index is -0.647. The first-order valence-corrected chi connectivity index (χ1v) is 11.3. The predicted molar refractivity (Wildman–Crippen MR) is 122 cm³/mol. The maximum absolute atomic E-state index is 13.3. The average Bonchev–Trinajstić information content (AvgIpc) is 3.44. The minimum Gasteiger partial charge on any atom is -0.368 e. The van der Waals surface area contributed by atoms with Crippen molar-refractivity contribution in [3.05, 3.63) is 59.6 Å². The molecule has 1 fully saturated rings. The number of nitrogens with two attached hydrogens (primary N) is 1. The first kappa shape index (κ1) is 19.7. The van der Waals surface area contributed by atoms with Gasteiger partial charge >= 0.3 is 0 Å². The van der Waals surface area contributed by atoms with E-state index < -0.39 is 11.9 Å². The van der Waals surface area contributed by atoms with Gasteiger partial charge in [-0.2, -0.15) is 5.10 Å². The second-order valence-corrected chi connectivity index (χ2v) is 9.02. The molecule has 1 aromatic heterocycles. The van der Waals surface area contributed by atoms with E-state index in [4.69, 9.17) is 10.7 Å². The van der Waals surface area contributed by atoms with Gasteiger partial charge in [0.05, 0.1) is 20.9 Å². The highest BCUT2D eigenvalue weighted by Crippen LogP contribution is 2.33. The molecule has 0 aliphatic carbocycles. The Kier molecular flexibility index (Phi) is 5.15. The Bertz CT molecular complexity index is 1130. The number of thiazole rings is 1. The maximum Gasteiger partial charge on any atom is 0.270 e. The fraction of sp³-hybridized carbons (Fsp3) is 0.304. The maximum atomic E-state index is 13.3. The topological polar surface area (TPSA) is 91.9 Å². The lowest BCUT2D eigenvalue weighted by molar-refractivity contribution is -0.125. The van der Waals surface area contributed by atoms with Crippen LogP contribution in [0.5, 0.6) is 0 Å². The first-order chi connectivity index (χ1) is 15.1. The lowest BCUT2D eigenvalue weighted by atomic mass is 9.98. The van der Waals surface area contributed by atoms with Crippen LogP contribution >= 0.6 is 11.3 Å². The highest BCUT2D eigenvalue weighted by atomic mass is 32.1. The average molecular weight is 434 g/mol. The van der Waals surface area contributed by atoms with Gasteiger partial charge in [-0.15, -0.1) is 11.3 Å². The van der Waals surface area contributed by atoms with Crippen LogP contribution in [0.2, 0.25) is 0 Å². The largest absolute Gasteiger partial charge is 0.368 e. The summed E-state index contributed by atoms with van der Waals surface area (Å²) in [7, 11) is 0. The lowest BCUT2D eigenvalue weighted by Crippen LogP contribution is -2.43. The number of hydrazone groups is 1. The van der Waals surface area contributed by atoms with Crippen LogP contribution in [-0.2, 0) is 9.59 Å². The zero-order valence-electron chi connectivity index (χ0n) is 17.0. The summed E-state index contributed by atoms with van der Waals surface area (Å²) in [4.78, 5) is 32.0. The molecule has 0 saturated carbocycles. The molecule has 2 aliphatic rings. The van der Waals surface area contributed by atoms with E-state index in [1.54, 1.807) is 16.3 Å². The fourth-order valence-electron chi connectivity index (χ4n) is 4.29. The van der Waals surface area contributed by atoms with Crippen molar-refractivity contribution < 1.29 is 9.59 Å². The minimum absolute atomic E-state index is 0.115. The molecule has 0 spiro atoms. The summed E-state index contributed by atoms with van der Waals surface area (Å²) in [6, 6.07) is 16.8. The molecular formula is C23H23N5O2S. The molecule has 158 valence electrons. The third kappa shape index (κ3) is 3.79. The Hall–Kier alpha value is -3.26. The summed E-state index contributed by atoms with van der Waals surface area (Å²) < 4.78 is 1.17. The van der Waals surface area contributed by atoms with Gasteiger partial charge in [0.15, 0.2) is 0 Å². The van der Waals surface area contributed by atoms with Gasteiger partial charge < -0.3 is 10.6 Å². The number of primary amides is 1. The Balaban J connectivity index is 1.36. The molecule has 2 aromatic carbocycles. The van der Waals surface area contributed by atoms with Gasteiger partial charge in [-0.1, -0.05) is 30.3 Å². The van der Waals surface area contributed by atoms with E-state index in [1.165, 1.54) is 4.70 Å². The number of benzene rings is 2. The van der Waals surface area contributed by atoms with Gasteiger partial charge in [0.1, 0.15) is 11.8 Å². The van der Waals surface area contributed by atoms with E-state index in [1.807, 2.05) is 53.4 Å². The Labute approximate surface area is 184 Å². The zero-order valence-corrected chi connectivity index (χ0v) is 17.8. The van der Waals surface area contributed by atoms with Gasteiger partial charge in [0, 0.05) is 25.4 Å². The monoisotopic (exact) mass is 433 g/mol. The third-order valence-electron chi connectivity index (χ3n) is 5.87. The van der Waals surface area contributed by atoms with Crippen molar-refractivity contribution in [3.63, 3.8) is 0 Å². The van der Waals surface area contributed by atoms with Crippen molar-refractivity contribution in [1.29, 1.82) is 0 Å². The van der Waals surface area contributed by atoms with Crippen LogP contribution in [0.4, 0.5) is 5.69 Å². The highest BCUT2D eigenvalue weighted by molar-refractivity contribution is 7.18. The van der Waals surface area contributed by atoms with Crippen molar-refractivity contribution in [2.24, 2.45) is 10.8 Å². The number of para-hydroxylation sites is 2. The number of aromatic nitrogens is 1. The first-order valence-electron chi connectivity index (χ1n) is 10.5. The Morgan fingerprint density at radius 3 is 2.61 bits per heavy atom. The molecule has 31 heavy (non-hydrogen) atoms. The summed E-state index contributed by atoms with van der Waals surface area (Å²) >= 11 is 1.70. The SMILES string of the molecule is NC(=O)[C@@H]1CC(C(=O)N2CCC[C@@H](c3nc4ccccc4s3)C2)=NN1c1ccccc1. The molecule has 8 heteroatoms. The Morgan fingerprint density at radius 1 is 1.06 bits per heavy atom. The van der Waals surface area contributed by atoms with Crippen LogP contribution < -0.4 is 10.7 Å². The predicted octanol–water partition coefficient (Wildman–Crippen LogP) is 3.12. The van der Waals surface area contributed by atoms with Crippen molar-refractivity contribution >= 4 is 44.8 Å². The van der Waals surface area contributed by atoms with Crippen LogP contribution in [0.1, 0.15) is 30.2 Å². The van der Waals surface area contributed by atoms with Crippen LogP contribution in [-0.4, -0.2) is 46.5 Å². The fourth-order valence-corrected chi connectivity index (χ4v) is 5.38. The number of carbonyl (C=O) groups is 2. The number of fused-ring (bicyclic) bond motifs is 1. The number of amides is 2. The number of carbonyl (C=O) groups excluding carboxylic acids is 2. The van der Waals surface area contributed by atoms with Gasteiger partial charge in [0.25, 0.3) is 5.91 Å². The molecular weight excluding hydrogens is 410 g/mol. The summed E-state index contributed by atoms with van der Waals surface area (Å²) in [6.07, 6.45) is 2.16. The highest BCUT2D eigenvalue weighted by Gasteiger charge is 2.37. The van der Waals surface area contributed by atoms with E-state index in [0.717, 1.165) is 29.1 Å². The molecule has 0 bridgehead atoms. The summed E-state index contributed by atoms with van der Waals surface area (Å²) in [5.74, 6) is -0.383. The van der Waals surface area contributed by atoms with Crippen LogP contribution in [0.3, 0.4) is 0 Å². The van der Waals surface area contributed by atoms with Gasteiger partial charge in [-0.25, -0.2) is 4.98 Å². The quantitative estimate of drug-likeness (QED) is 0.684. The standard InChI is InChI=1S/C23H23N5O2S/c24-21(29)19-13-18(26-28(19)16-8-2-1-3-9-16)23(30)27-12-6-7-15(14-27)22-25-17-10-4-5-11-20(17)31-22/h1-5,8-11,15,19H,6-7,12-14H2,(H2,24,29)/t15-,19+/m1/s1. The van der Waals surface area contributed by atoms with Crippen molar-refractivity contribution in [3.8, 4) is 0 Å². The number of nitrogens with zero attached hydrogens (tertiary/aromatic N) is 4. The summed E-state index contributed by atoms with van der Waals surface area (Å²) in [5.41, 5.74) is 7.76. The smallest absolute Gasteiger partial charge is 0.270 e. The van der Waals surface area contributed by atoms with E-state index in [2.05, 4.69) is 11.2 Å². The molecule has 0 radical (unpaired) electrons. The molecule has 7 nitrogen and oxygen atoms in total. The normalized spacial score (nSPS) is 21.4. The van der Waals surface area contributed by atoms with Crippen molar-refractivity contribution in [2.45, 2.75) is 31.2 Å². The Morgan fingerprint density at radius 2 is 1.84 bits per heavy atom. The molecule has 1 saturated heterocycles. The molecule has 5 rings (SSSR count). The molecule has 2 aliphatic heterocycles. The van der Waals surface area contributed by atoms with Gasteiger partial charge in [-0.3, -0.25) is 14.6 Å². The van der Waals surface area contributed by atoms with E-state index >= 15 is 0 Å². The van der Waals surface area contributed by atoms with Gasteiger partial charge in [-0.05, 0) is 37.1 Å². The molecule has 2 atom stereocenters. The van der Waals surface area contributed by atoms with Crippen LogP contribution in [0.15, 0.2) is 59.7 Å². The third-order valence-corrected chi connectivity index (χ3v) is 7.07. The number of piperidine rings is 1. The number of likely N-dealkylation sites (tertiary alicyclic amines) is 1. The van der Waals surface area contributed by atoms with E-state index in [9.17, 15) is 9.59 Å². The number of hydrogen-bond donors (Lipinski definition) is 1. The van der Waals surface area contributed by atoms with Crippen LogP contribution in [0, 0.1) is 0 Å². The second kappa shape index (κ2) is 8.11. The number of hydrogen-bond acceptors (Lipinski definition) is 6. The van der Waals surface area contributed by atoms with E-state index in [0.29, 0.717) is 18.8 Å². The molecule has 2 N–H and O–H groups in total. The molecule has 0 unspecified atom stereocenters.